The molecule has 0 aliphatic heterocycles. The van der Waals surface area contributed by atoms with Crippen LogP contribution in [0.4, 0.5) is 18.9 Å². The summed E-state index contributed by atoms with van der Waals surface area (Å²) in [6.45, 7) is 0. The van der Waals surface area contributed by atoms with Crippen LogP contribution in [0, 0.1) is 0 Å². The molecule has 0 amide bonds. The van der Waals surface area contributed by atoms with Crippen molar-refractivity contribution in [1.29, 1.82) is 0 Å². The molecule has 1 aliphatic rings. The molecule has 2 rings (SSSR count). The number of hydrogen-bond donors (Lipinski definition) is 1. The molecule has 7 heteroatoms. The summed E-state index contributed by atoms with van der Waals surface area (Å²) in [6, 6.07) is 6.23. The van der Waals surface area contributed by atoms with Crippen molar-refractivity contribution in [3.05, 3.63) is 29.8 Å². The van der Waals surface area contributed by atoms with Gasteiger partial charge in [-0.25, -0.2) is 0 Å². The number of benzene rings is 1. The van der Waals surface area contributed by atoms with Crippen molar-refractivity contribution in [1.82, 2.24) is 0 Å². The van der Waals surface area contributed by atoms with Gasteiger partial charge in [0.15, 0.2) is 0 Å². The first-order valence-corrected chi connectivity index (χ1v) is 6.97. The minimum atomic E-state index is -5.34. The van der Waals surface area contributed by atoms with E-state index in [2.05, 4.69) is 0 Å². The number of alkyl halides is 3. The Hall–Kier alpha value is -1.24. The van der Waals surface area contributed by atoms with E-state index in [1.165, 1.54) is 12.1 Å². The Bertz CT molecular complexity index is 535. The Balaban J connectivity index is 2.29. The summed E-state index contributed by atoms with van der Waals surface area (Å²) in [4.78, 5) is 0. The van der Waals surface area contributed by atoms with Crippen LogP contribution in [0.2, 0.25) is 0 Å². The molecule has 1 N–H and O–H groups in total. The fourth-order valence-corrected chi connectivity index (χ4v) is 2.46. The molecule has 0 heterocycles. The molecule has 1 aromatic carbocycles. The quantitative estimate of drug-likeness (QED) is 0.923. The number of rotatable bonds is 3. The van der Waals surface area contributed by atoms with Crippen molar-refractivity contribution < 1.29 is 21.6 Å². The first-order chi connectivity index (χ1) is 8.31. The predicted molar refractivity (Wildman–Crippen MR) is 61.6 cm³/mol. The van der Waals surface area contributed by atoms with Crippen LogP contribution in [0.1, 0.15) is 30.7 Å². The SMILES string of the molecule is O=S(=O)(Nc1ccccc1C1CCC1)C(F)(F)F. The first-order valence-electron chi connectivity index (χ1n) is 5.49. The molecule has 0 spiro atoms. The summed E-state index contributed by atoms with van der Waals surface area (Å²) < 4.78 is 60.6. The standard InChI is InChI=1S/C11H12F3NO2S/c12-11(13,14)18(16,17)15-10-7-2-1-6-9(10)8-4-3-5-8/h1-2,6-8,15H,3-5H2. The van der Waals surface area contributed by atoms with Gasteiger partial charge in [0.25, 0.3) is 0 Å². The minimum Gasteiger partial charge on any atom is -0.276 e. The largest absolute Gasteiger partial charge is 0.516 e. The van der Waals surface area contributed by atoms with E-state index in [1.807, 2.05) is 0 Å². The Morgan fingerprint density at radius 3 is 2.28 bits per heavy atom. The molecule has 18 heavy (non-hydrogen) atoms. The molecule has 0 radical (unpaired) electrons. The highest BCUT2D eigenvalue weighted by atomic mass is 32.2. The van der Waals surface area contributed by atoms with E-state index in [4.69, 9.17) is 0 Å². The van der Waals surface area contributed by atoms with Crippen LogP contribution in [0.5, 0.6) is 0 Å². The van der Waals surface area contributed by atoms with Gasteiger partial charge in [0.2, 0.25) is 0 Å². The number of hydrogen-bond acceptors (Lipinski definition) is 2. The molecule has 0 unspecified atom stereocenters. The van der Waals surface area contributed by atoms with Gasteiger partial charge in [0.1, 0.15) is 0 Å². The monoisotopic (exact) mass is 279 g/mol. The van der Waals surface area contributed by atoms with Crippen LogP contribution in [-0.4, -0.2) is 13.9 Å². The highest BCUT2D eigenvalue weighted by Crippen LogP contribution is 2.40. The summed E-state index contributed by atoms with van der Waals surface area (Å²) in [5, 5.41) is 0. The molecular weight excluding hydrogens is 267 g/mol. The molecule has 3 nitrogen and oxygen atoms in total. The Morgan fingerprint density at radius 2 is 1.78 bits per heavy atom. The van der Waals surface area contributed by atoms with Crippen LogP contribution >= 0.6 is 0 Å². The smallest absolute Gasteiger partial charge is 0.276 e. The number of anilines is 1. The molecule has 0 bridgehead atoms. The molecular formula is C11H12F3NO2S. The average molecular weight is 279 g/mol. The third-order valence-electron chi connectivity index (χ3n) is 3.05. The lowest BCUT2D eigenvalue weighted by Gasteiger charge is -2.28. The van der Waals surface area contributed by atoms with Crippen molar-refractivity contribution in [3.8, 4) is 0 Å². The van der Waals surface area contributed by atoms with E-state index < -0.39 is 15.5 Å². The second kappa shape index (κ2) is 4.46. The lowest BCUT2D eigenvalue weighted by Crippen LogP contribution is -2.30. The van der Waals surface area contributed by atoms with E-state index in [-0.39, 0.29) is 11.6 Å². The maximum Gasteiger partial charge on any atom is 0.516 e. The van der Waals surface area contributed by atoms with Gasteiger partial charge in [-0.15, -0.1) is 0 Å². The molecule has 1 aromatic rings. The molecule has 0 saturated heterocycles. The van der Waals surface area contributed by atoms with E-state index in [0.29, 0.717) is 5.56 Å². The van der Waals surface area contributed by atoms with Crippen molar-refractivity contribution in [2.45, 2.75) is 30.7 Å². The van der Waals surface area contributed by atoms with Crippen LogP contribution in [-0.2, 0) is 10.0 Å². The Kier molecular flexibility index (Phi) is 3.27. The van der Waals surface area contributed by atoms with Crippen molar-refractivity contribution in [2.24, 2.45) is 0 Å². The van der Waals surface area contributed by atoms with E-state index in [0.717, 1.165) is 19.3 Å². The lowest BCUT2D eigenvalue weighted by atomic mass is 9.79. The van der Waals surface area contributed by atoms with Crippen LogP contribution in [0.3, 0.4) is 0 Å². The van der Waals surface area contributed by atoms with Gasteiger partial charge in [0.05, 0.1) is 5.69 Å². The van der Waals surface area contributed by atoms with Gasteiger partial charge in [-0.2, -0.15) is 21.6 Å². The zero-order chi connectivity index (χ0) is 13.4. The van der Waals surface area contributed by atoms with Gasteiger partial charge in [-0.3, -0.25) is 4.72 Å². The van der Waals surface area contributed by atoms with Crippen molar-refractivity contribution >= 4 is 15.7 Å². The van der Waals surface area contributed by atoms with E-state index >= 15 is 0 Å². The highest BCUT2D eigenvalue weighted by Gasteiger charge is 2.46. The van der Waals surface area contributed by atoms with Gasteiger partial charge in [-0.05, 0) is 30.4 Å². The van der Waals surface area contributed by atoms with E-state index in [9.17, 15) is 21.6 Å². The second-order valence-corrected chi connectivity index (χ2v) is 5.94. The summed E-state index contributed by atoms with van der Waals surface area (Å²) in [5.74, 6) is 0.150. The van der Waals surface area contributed by atoms with Crippen LogP contribution < -0.4 is 4.72 Å². The fraction of sp³-hybridized carbons (Fsp3) is 0.455. The van der Waals surface area contributed by atoms with Crippen LogP contribution in [0.25, 0.3) is 0 Å². The number of para-hydroxylation sites is 1. The van der Waals surface area contributed by atoms with Gasteiger partial charge < -0.3 is 0 Å². The highest BCUT2D eigenvalue weighted by molar-refractivity contribution is 7.93. The van der Waals surface area contributed by atoms with Gasteiger partial charge in [-0.1, -0.05) is 24.6 Å². The Morgan fingerprint density at radius 1 is 1.17 bits per heavy atom. The average Bonchev–Trinajstić information content (AvgIpc) is 2.16. The summed E-state index contributed by atoms with van der Waals surface area (Å²) >= 11 is 0. The third kappa shape index (κ3) is 2.45. The number of halogens is 3. The number of nitrogens with one attached hydrogen (secondary N) is 1. The van der Waals surface area contributed by atoms with Crippen molar-refractivity contribution in [2.75, 3.05) is 4.72 Å². The van der Waals surface area contributed by atoms with E-state index in [1.54, 1.807) is 16.9 Å². The maximum atomic E-state index is 12.3. The van der Waals surface area contributed by atoms with Gasteiger partial charge in [0, 0.05) is 0 Å². The zero-order valence-electron chi connectivity index (χ0n) is 9.37. The number of sulfonamides is 1. The lowest BCUT2D eigenvalue weighted by molar-refractivity contribution is -0.0429. The Labute approximate surface area is 103 Å². The molecule has 1 fully saturated rings. The first kappa shape index (κ1) is 13.2. The van der Waals surface area contributed by atoms with Gasteiger partial charge >= 0.3 is 15.5 Å². The molecule has 0 aromatic heterocycles. The summed E-state index contributed by atoms with van der Waals surface area (Å²) in [6.07, 6.45) is 2.78. The second-order valence-electron chi connectivity index (χ2n) is 4.27. The van der Waals surface area contributed by atoms with Crippen molar-refractivity contribution in [3.63, 3.8) is 0 Å². The molecule has 0 atom stereocenters. The minimum absolute atomic E-state index is 0.0273. The van der Waals surface area contributed by atoms with Crippen LogP contribution in [0.15, 0.2) is 24.3 Å². The molecule has 1 aliphatic carbocycles. The maximum absolute atomic E-state index is 12.3. The molecule has 100 valence electrons. The topological polar surface area (TPSA) is 46.2 Å². The molecule has 1 saturated carbocycles. The predicted octanol–water partition coefficient (Wildman–Crippen LogP) is 3.22. The zero-order valence-corrected chi connectivity index (χ0v) is 10.2. The normalized spacial score (nSPS) is 17.3. The fourth-order valence-electron chi connectivity index (χ4n) is 1.87. The summed E-state index contributed by atoms with van der Waals surface area (Å²) in [7, 11) is -5.34. The third-order valence-corrected chi connectivity index (χ3v) is 4.15. The summed E-state index contributed by atoms with van der Waals surface area (Å²) in [5.41, 5.74) is -4.63.